The highest BCUT2D eigenvalue weighted by Crippen LogP contribution is 2.41. The molecule has 0 amide bonds. The minimum absolute atomic E-state index is 0.0506. The Hall–Kier alpha value is -1.18. The number of hydrogen-bond donors (Lipinski definition) is 0. The summed E-state index contributed by atoms with van der Waals surface area (Å²) in [5.41, 5.74) is 0.896. The van der Waals surface area contributed by atoms with Crippen molar-refractivity contribution in [1.29, 1.82) is 0 Å². The van der Waals surface area contributed by atoms with Crippen LogP contribution in [-0.2, 0) is 10.0 Å². The van der Waals surface area contributed by atoms with Crippen LogP contribution in [0.2, 0.25) is 10.0 Å². The summed E-state index contributed by atoms with van der Waals surface area (Å²) >= 11 is 13.7. The molecule has 1 saturated heterocycles. The summed E-state index contributed by atoms with van der Waals surface area (Å²) in [6.45, 7) is 0.450. The van der Waals surface area contributed by atoms with Crippen LogP contribution in [0, 0.1) is 0 Å². The first-order valence-electron chi connectivity index (χ1n) is 7.79. The molecule has 1 fully saturated rings. The highest BCUT2D eigenvalue weighted by Gasteiger charge is 2.38. The summed E-state index contributed by atoms with van der Waals surface area (Å²) < 4.78 is 28.9. The first-order valence-corrected chi connectivity index (χ1v) is 10.8. The van der Waals surface area contributed by atoms with Crippen molar-refractivity contribution in [2.75, 3.05) is 6.54 Å². The molecule has 8 heteroatoms. The molecular weight excluding hydrogens is 399 g/mol. The Kier molecular flexibility index (Phi) is 4.50. The van der Waals surface area contributed by atoms with Gasteiger partial charge in [0.25, 0.3) is 0 Å². The van der Waals surface area contributed by atoms with Crippen molar-refractivity contribution < 1.29 is 8.42 Å². The molecule has 1 unspecified atom stereocenters. The molecule has 4 rings (SSSR count). The number of halogens is 2. The van der Waals surface area contributed by atoms with Gasteiger partial charge in [0.05, 0.1) is 21.3 Å². The molecule has 2 aromatic carbocycles. The van der Waals surface area contributed by atoms with Crippen LogP contribution in [0.25, 0.3) is 10.2 Å². The Morgan fingerprint density at radius 2 is 1.96 bits per heavy atom. The van der Waals surface area contributed by atoms with Crippen LogP contribution < -0.4 is 0 Å². The number of thiazole rings is 1. The predicted octanol–water partition coefficient (Wildman–Crippen LogP) is 5.13. The molecule has 0 aliphatic carbocycles. The Labute approximate surface area is 160 Å². The molecule has 0 spiro atoms. The van der Waals surface area contributed by atoms with Crippen molar-refractivity contribution in [2.24, 2.45) is 0 Å². The van der Waals surface area contributed by atoms with E-state index in [2.05, 4.69) is 4.98 Å². The fourth-order valence-corrected chi connectivity index (χ4v) is 6.69. The zero-order valence-electron chi connectivity index (χ0n) is 13.0. The smallest absolute Gasteiger partial charge is 0.239 e. The first kappa shape index (κ1) is 17.2. The fourth-order valence-electron chi connectivity index (χ4n) is 3.11. The van der Waals surface area contributed by atoms with Crippen LogP contribution in [0.15, 0.2) is 47.4 Å². The summed E-state index contributed by atoms with van der Waals surface area (Å²) in [5, 5.41) is 1.35. The van der Waals surface area contributed by atoms with Gasteiger partial charge in [-0.05, 0) is 43.2 Å². The Balaban J connectivity index is 1.77. The molecule has 3 aromatic rings. The van der Waals surface area contributed by atoms with E-state index in [9.17, 15) is 8.42 Å². The van der Waals surface area contributed by atoms with E-state index >= 15 is 0 Å². The van der Waals surface area contributed by atoms with Crippen LogP contribution in [0.4, 0.5) is 0 Å². The molecular formula is C17H14Cl2N2O2S2. The fraction of sp³-hybridized carbons (Fsp3) is 0.235. The lowest BCUT2D eigenvalue weighted by Gasteiger charge is -2.23. The Morgan fingerprint density at radius 1 is 1.16 bits per heavy atom. The second-order valence-corrected chi connectivity index (χ2v) is 9.63. The molecule has 25 heavy (non-hydrogen) atoms. The third-order valence-electron chi connectivity index (χ3n) is 4.28. The van der Waals surface area contributed by atoms with Gasteiger partial charge in [0.2, 0.25) is 10.0 Å². The minimum Gasteiger partial charge on any atom is -0.239 e. The Bertz CT molecular complexity index is 1020. The highest BCUT2D eigenvalue weighted by atomic mass is 35.5. The van der Waals surface area contributed by atoms with Gasteiger partial charge in [0, 0.05) is 11.6 Å². The van der Waals surface area contributed by atoms with E-state index in [1.807, 2.05) is 24.3 Å². The van der Waals surface area contributed by atoms with Gasteiger partial charge in [-0.1, -0.05) is 35.3 Å². The van der Waals surface area contributed by atoms with Crippen LogP contribution in [0.3, 0.4) is 0 Å². The van der Waals surface area contributed by atoms with Gasteiger partial charge < -0.3 is 0 Å². The van der Waals surface area contributed by atoms with Crippen molar-refractivity contribution in [3.63, 3.8) is 0 Å². The molecule has 1 atom stereocenters. The lowest BCUT2D eigenvalue weighted by atomic mass is 10.2. The van der Waals surface area contributed by atoms with Crippen molar-refractivity contribution in [1.82, 2.24) is 9.29 Å². The number of sulfonamides is 1. The zero-order valence-corrected chi connectivity index (χ0v) is 16.2. The predicted molar refractivity (Wildman–Crippen MR) is 102 cm³/mol. The maximum absolute atomic E-state index is 13.2. The van der Waals surface area contributed by atoms with Gasteiger partial charge in [0.1, 0.15) is 9.90 Å². The summed E-state index contributed by atoms with van der Waals surface area (Å²) in [4.78, 5) is 4.70. The van der Waals surface area contributed by atoms with Crippen molar-refractivity contribution in [2.45, 2.75) is 23.8 Å². The van der Waals surface area contributed by atoms with Crippen molar-refractivity contribution in [3.8, 4) is 0 Å². The number of para-hydroxylation sites is 1. The van der Waals surface area contributed by atoms with Gasteiger partial charge in [-0.25, -0.2) is 13.4 Å². The molecule has 2 heterocycles. The quantitative estimate of drug-likeness (QED) is 0.598. The van der Waals surface area contributed by atoms with E-state index in [1.165, 1.54) is 16.4 Å². The van der Waals surface area contributed by atoms with E-state index in [4.69, 9.17) is 23.2 Å². The maximum atomic E-state index is 13.2. The summed E-state index contributed by atoms with van der Waals surface area (Å²) in [6.07, 6.45) is 1.54. The minimum atomic E-state index is -3.74. The molecule has 1 aromatic heterocycles. The number of rotatable bonds is 3. The highest BCUT2D eigenvalue weighted by molar-refractivity contribution is 7.89. The van der Waals surface area contributed by atoms with Crippen LogP contribution in [0.1, 0.15) is 23.9 Å². The third-order valence-corrected chi connectivity index (χ3v) is 8.04. The molecule has 0 radical (unpaired) electrons. The summed E-state index contributed by atoms with van der Waals surface area (Å²) in [5.74, 6) is 0. The number of nitrogens with zero attached hydrogens (tertiary/aromatic N) is 2. The topological polar surface area (TPSA) is 50.3 Å². The standard InChI is InChI=1S/C17H14Cl2N2O2S2/c18-11-7-8-12(19)16(10-11)25(22,23)21-9-3-5-14(21)17-20-13-4-1-2-6-15(13)24-17/h1-2,4,6-8,10,14H,3,5,9H2. The van der Waals surface area contributed by atoms with Crippen molar-refractivity contribution in [3.05, 3.63) is 57.5 Å². The van der Waals surface area contributed by atoms with Crippen molar-refractivity contribution >= 4 is 54.8 Å². The molecule has 0 bridgehead atoms. The number of benzene rings is 2. The lowest BCUT2D eigenvalue weighted by Crippen LogP contribution is -2.30. The van der Waals surface area contributed by atoms with Crippen LogP contribution in [-0.4, -0.2) is 24.3 Å². The Morgan fingerprint density at radius 3 is 2.76 bits per heavy atom. The summed E-state index contributed by atoms with van der Waals surface area (Å²) in [6, 6.07) is 12.1. The largest absolute Gasteiger partial charge is 0.245 e. The molecule has 0 N–H and O–H groups in total. The average molecular weight is 413 g/mol. The molecule has 0 saturated carbocycles. The van der Waals surface area contributed by atoms with Gasteiger partial charge in [0.15, 0.2) is 0 Å². The second kappa shape index (κ2) is 6.52. The van der Waals surface area contributed by atoms with E-state index in [-0.39, 0.29) is 16.0 Å². The first-order chi connectivity index (χ1) is 12.0. The lowest BCUT2D eigenvalue weighted by molar-refractivity contribution is 0.396. The maximum Gasteiger partial charge on any atom is 0.245 e. The van der Waals surface area contributed by atoms with Crippen LogP contribution >= 0.6 is 34.5 Å². The van der Waals surface area contributed by atoms with E-state index in [1.54, 1.807) is 17.4 Å². The van der Waals surface area contributed by atoms with E-state index in [0.29, 0.717) is 11.6 Å². The number of fused-ring (bicyclic) bond motifs is 1. The molecule has 1 aliphatic heterocycles. The number of aromatic nitrogens is 1. The van der Waals surface area contributed by atoms with Gasteiger partial charge in [-0.2, -0.15) is 4.31 Å². The number of hydrogen-bond acceptors (Lipinski definition) is 4. The SMILES string of the molecule is O=S(=O)(c1cc(Cl)ccc1Cl)N1CCCC1c1nc2ccccc2s1. The van der Waals surface area contributed by atoms with E-state index in [0.717, 1.165) is 28.1 Å². The molecule has 4 nitrogen and oxygen atoms in total. The van der Waals surface area contributed by atoms with Gasteiger partial charge in [-0.15, -0.1) is 11.3 Å². The second-order valence-electron chi connectivity index (χ2n) is 5.87. The average Bonchev–Trinajstić information content (AvgIpc) is 3.23. The molecule has 1 aliphatic rings. The van der Waals surface area contributed by atoms with Crippen LogP contribution in [0.5, 0.6) is 0 Å². The third kappa shape index (κ3) is 3.06. The summed E-state index contributed by atoms with van der Waals surface area (Å²) in [7, 11) is -3.74. The molecule has 130 valence electrons. The van der Waals surface area contributed by atoms with E-state index < -0.39 is 10.0 Å². The monoisotopic (exact) mass is 412 g/mol. The zero-order chi connectivity index (χ0) is 17.6. The van der Waals surface area contributed by atoms with Gasteiger partial charge >= 0.3 is 0 Å². The normalized spacial score (nSPS) is 18.9. The van der Waals surface area contributed by atoms with Gasteiger partial charge in [-0.3, -0.25) is 0 Å².